The fourth-order valence-corrected chi connectivity index (χ4v) is 3.54. The van der Waals surface area contributed by atoms with Crippen LogP contribution in [-0.4, -0.2) is 43.1 Å². The standard InChI is InChI=1S/C16H23N3O2/c1-21-14-6-2-5-13(15(14)17)16(20)18-11-7-9-19-8-3-4-12(19)10-11/h2,5-6,11-12H,3-4,7-10,17H2,1H3,(H,18,20). The Hall–Kier alpha value is -1.75. The number of piperidine rings is 1. The van der Waals surface area contributed by atoms with Gasteiger partial charge in [0.25, 0.3) is 5.91 Å². The van der Waals surface area contributed by atoms with Crippen molar-refractivity contribution in [1.82, 2.24) is 10.2 Å². The Labute approximate surface area is 125 Å². The Balaban J connectivity index is 1.66. The van der Waals surface area contributed by atoms with E-state index in [1.54, 1.807) is 25.3 Å². The van der Waals surface area contributed by atoms with Gasteiger partial charge in [-0.25, -0.2) is 0 Å². The number of fused-ring (bicyclic) bond motifs is 1. The number of carbonyl (C=O) groups excluding carboxylic acids is 1. The molecule has 1 aromatic rings. The Morgan fingerprint density at radius 2 is 2.24 bits per heavy atom. The van der Waals surface area contributed by atoms with Crippen LogP contribution in [0.4, 0.5) is 5.69 Å². The lowest BCUT2D eigenvalue weighted by atomic mass is 9.97. The lowest BCUT2D eigenvalue weighted by Crippen LogP contribution is -2.47. The molecule has 0 aliphatic carbocycles. The van der Waals surface area contributed by atoms with E-state index in [-0.39, 0.29) is 11.9 Å². The average Bonchev–Trinajstić information content (AvgIpc) is 2.95. The van der Waals surface area contributed by atoms with Gasteiger partial charge in [0.2, 0.25) is 0 Å². The normalized spacial score (nSPS) is 25.4. The molecule has 3 rings (SSSR count). The van der Waals surface area contributed by atoms with Crippen LogP contribution in [0.2, 0.25) is 0 Å². The van der Waals surface area contributed by atoms with Gasteiger partial charge in [-0.2, -0.15) is 0 Å². The number of nitrogens with one attached hydrogen (secondary N) is 1. The molecule has 2 aliphatic heterocycles. The third-order valence-corrected chi connectivity index (χ3v) is 4.69. The summed E-state index contributed by atoms with van der Waals surface area (Å²) in [4.78, 5) is 15.0. The number of para-hydroxylation sites is 1. The predicted octanol–water partition coefficient (Wildman–Crippen LogP) is 1.63. The van der Waals surface area contributed by atoms with Crippen LogP contribution in [-0.2, 0) is 0 Å². The molecule has 2 saturated heterocycles. The van der Waals surface area contributed by atoms with E-state index in [1.165, 1.54) is 19.4 Å². The first kappa shape index (κ1) is 14.2. The number of amides is 1. The second-order valence-corrected chi connectivity index (χ2v) is 5.95. The van der Waals surface area contributed by atoms with Crippen molar-refractivity contribution in [2.75, 3.05) is 25.9 Å². The van der Waals surface area contributed by atoms with E-state index in [1.807, 2.05) is 0 Å². The van der Waals surface area contributed by atoms with Gasteiger partial charge in [0, 0.05) is 18.6 Å². The first-order chi connectivity index (χ1) is 10.2. The number of carbonyl (C=O) groups is 1. The number of anilines is 1. The van der Waals surface area contributed by atoms with E-state index in [9.17, 15) is 4.79 Å². The van der Waals surface area contributed by atoms with E-state index >= 15 is 0 Å². The van der Waals surface area contributed by atoms with Gasteiger partial charge < -0.3 is 20.7 Å². The number of hydrogen-bond acceptors (Lipinski definition) is 4. The summed E-state index contributed by atoms with van der Waals surface area (Å²) in [5, 5.41) is 3.14. The van der Waals surface area contributed by atoms with Crippen molar-refractivity contribution < 1.29 is 9.53 Å². The number of nitrogens with zero attached hydrogens (tertiary/aromatic N) is 1. The highest BCUT2D eigenvalue weighted by Crippen LogP contribution is 2.28. The lowest BCUT2D eigenvalue weighted by Gasteiger charge is -2.35. The highest BCUT2D eigenvalue weighted by Gasteiger charge is 2.32. The largest absolute Gasteiger partial charge is 0.495 e. The van der Waals surface area contributed by atoms with Crippen molar-refractivity contribution >= 4 is 11.6 Å². The highest BCUT2D eigenvalue weighted by molar-refractivity contribution is 6.00. The van der Waals surface area contributed by atoms with Gasteiger partial charge in [-0.3, -0.25) is 4.79 Å². The van der Waals surface area contributed by atoms with E-state index < -0.39 is 0 Å². The molecule has 0 bridgehead atoms. The van der Waals surface area contributed by atoms with Crippen LogP contribution in [0.25, 0.3) is 0 Å². The highest BCUT2D eigenvalue weighted by atomic mass is 16.5. The summed E-state index contributed by atoms with van der Waals surface area (Å²) in [6.07, 6.45) is 4.61. The number of ether oxygens (including phenoxy) is 1. The minimum atomic E-state index is -0.0946. The fraction of sp³-hybridized carbons (Fsp3) is 0.562. The molecule has 1 aromatic carbocycles. The van der Waals surface area contributed by atoms with Gasteiger partial charge in [-0.05, 0) is 44.4 Å². The number of benzene rings is 1. The fourth-order valence-electron chi connectivity index (χ4n) is 3.54. The zero-order chi connectivity index (χ0) is 14.8. The van der Waals surface area contributed by atoms with Gasteiger partial charge in [-0.1, -0.05) is 6.07 Å². The van der Waals surface area contributed by atoms with Crippen LogP contribution in [0.1, 0.15) is 36.0 Å². The topological polar surface area (TPSA) is 67.6 Å². The van der Waals surface area contributed by atoms with Crippen LogP contribution >= 0.6 is 0 Å². The maximum atomic E-state index is 12.4. The lowest BCUT2D eigenvalue weighted by molar-refractivity contribution is 0.0897. The van der Waals surface area contributed by atoms with Crippen molar-refractivity contribution in [2.45, 2.75) is 37.8 Å². The molecule has 2 unspecified atom stereocenters. The van der Waals surface area contributed by atoms with E-state index in [0.29, 0.717) is 23.0 Å². The molecule has 21 heavy (non-hydrogen) atoms. The summed E-state index contributed by atoms with van der Waals surface area (Å²) in [5.74, 6) is 0.455. The molecule has 114 valence electrons. The van der Waals surface area contributed by atoms with Crippen LogP contribution in [0, 0.1) is 0 Å². The minimum absolute atomic E-state index is 0.0946. The zero-order valence-corrected chi connectivity index (χ0v) is 12.5. The Kier molecular flexibility index (Phi) is 4.01. The SMILES string of the molecule is COc1cccc(C(=O)NC2CCN3CCCC3C2)c1N. The number of hydrogen-bond donors (Lipinski definition) is 2. The van der Waals surface area contributed by atoms with Crippen LogP contribution in [0.15, 0.2) is 18.2 Å². The molecule has 0 saturated carbocycles. The van der Waals surface area contributed by atoms with Crippen molar-refractivity contribution in [3.05, 3.63) is 23.8 Å². The van der Waals surface area contributed by atoms with Gasteiger partial charge in [0.1, 0.15) is 5.75 Å². The summed E-state index contributed by atoms with van der Waals surface area (Å²) < 4.78 is 5.17. The third-order valence-electron chi connectivity index (χ3n) is 4.69. The molecule has 5 heteroatoms. The first-order valence-electron chi connectivity index (χ1n) is 7.66. The maximum Gasteiger partial charge on any atom is 0.253 e. The summed E-state index contributed by atoms with van der Waals surface area (Å²) in [5.41, 5.74) is 6.91. The summed E-state index contributed by atoms with van der Waals surface area (Å²) >= 11 is 0. The monoisotopic (exact) mass is 289 g/mol. The number of nitrogen functional groups attached to an aromatic ring is 1. The molecule has 2 atom stereocenters. The van der Waals surface area contributed by atoms with Crippen LogP contribution in [0.5, 0.6) is 5.75 Å². The predicted molar refractivity (Wildman–Crippen MR) is 82.5 cm³/mol. The van der Waals surface area contributed by atoms with Gasteiger partial charge >= 0.3 is 0 Å². The molecule has 2 fully saturated rings. The quantitative estimate of drug-likeness (QED) is 0.830. The van der Waals surface area contributed by atoms with Crippen molar-refractivity contribution in [1.29, 1.82) is 0 Å². The molecular weight excluding hydrogens is 266 g/mol. The molecule has 0 aromatic heterocycles. The second-order valence-electron chi connectivity index (χ2n) is 5.95. The second kappa shape index (κ2) is 5.93. The average molecular weight is 289 g/mol. The van der Waals surface area contributed by atoms with Crippen LogP contribution in [0.3, 0.4) is 0 Å². The molecule has 3 N–H and O–H groups in total. The first-order valence-corrected chi connectivity index (χ1v) is 7.66. The minimum Gasteiger partial charge on any atom is -0.495 e. The summed E-state index contributed by atoms with van der Waals surface area (Å²) in [7, 11) is 1.56. The number of rotatable bonds is 3. The van der Waals surface area contributed by atoms with E-state index in [2.05, 4.69) is 10.2 Å². The maximum absolute atomic E-state index is 12.4. The number of methoxy groups -OCH3 is 1. The molecule has 0 radical (unpaired) electrons. The number of nitrogens with two attached hydrogens (primary N) is 1. The zero-order valence-electron chi connectivity index (χ0n) is 12.5. The smallest absolute Gasteiger partial charge is 0.253 e. The molecule has 2 heterocycles. The molecule has 0 spiro atoms. The van der Waals surface area contributed by atoms with E-state index in [0.717, 1.165) is 19.4 Å². The molecule has 2 aliphatic rings. The molecule has 5 nitrogen and oxygen atoms in total. The summed E-state index contributed by atoms with van der Waals surface area (Å²) in [6, 6.07) is 6.21. The van der Waals surface area contributed by atoms with Crippen molar-refractivity contribution in [2.24, 2.45) is 0 Å². The summed E-state index contributed by atoms with van der Waals surface area (Å²) in [6.45, 7) is 2.30. The van der Waals surface area contributed by atoms with Gasteiger partial charge in [0.05, 0.1) is 18.4 Å². The molecular formula is C16H23N3O2. The van der Waals surface area contributed by atoms with Crippen molar-refractivity contribution in [3.63, 3.8) is 0 Å². The molecule has 1 amide bonds. The van der Waals surface area contributed by atoms with E-state index in [4.69, 9.17) is 10.5 Å². The van der Waals surface area contributed by atoms with Crippen molar-refractivity contribution in [3.8, 4) is 5.75 Å². The Morgan fingerprint density at radius 1 is 1.38 bits per heavy atom. The van der Waals surface area contributed by atoms with Crippen LogP contribution < -0.4 is 15.8 Å². The Morgan fingerprint density at radius 3 is 3.05 bits per heavy atom. The van der Waals surface area contributed by atoms with Gasteiger partial charge in [-0.15, -0.1) is 0 Å². The Bertz CT molecular complexity index is 532. The van der Waals surface area contributed by atoms with Gasteiger partial charge in [0.15, 0.2) is 0 Å². The third kappa shape index (κ3) is 2.83.